The van der Waals surface area contributed by atoms with Crippen LogP contribution in [0.1, 0.15) is 58.3 Å². The largest absolute Gasteiger partial charge is 0.338 e. The summed E-state index contributed by atoms with van der Waals surface area (Å²) in [5.74, 6) is 3.52. The average molecular weight is 529 g/mol. The molecular weight excluding hydrogens is 488 g/mol. The Hall–Kier alpha value is -2.73. The number of carbonyl (C=O) groups excluding carboxylic acids is 1. The zero-order valence-corrected chi connectivity index (χ0v) is 23.3. The summed E-state index contributed by atoms with van der Waals surface area (Å²) in [7, 11) is 0. The summed E-state index contributed by atoms with van der Waals surface area (Å²) >= 11 is 1.82. The van der Waals surface area contributed by atoms with E-state index in [9.17, 15) is 4.79 Å². The molecule has 2 amide bonds. The molecule has 6 heteroatoms. The van der Waals surface area contributed by atoms with Gasteiger partial charge in [-0.15, -0.1) is 0 Å². The molecule has 3 aromatic rings. The van der Waals surface area contributed by atoms with Gasteiger partial charge in [0.15, 0.2) is 5.16 Å². The fourth-order valence-electron chi connectivity index (χ4n) is 7.66. The molecule has 2 N–H and O–H groups in total. The Morgan fingerprint density at radius 3 is 2.13 bits per heavy atom. The van der Waals surface area contributed by atoms with E-state index in [0.717, 1.165) is 65.9 Å². The summed E-state index contributed by atoms with van der Waals surface area (Å²) in [5, 5.41) is 7.65. The van der Waals surface area contributed by atoms with Crippen LogP contribution >= 0.6 is 11.8 Å². The lowest BCUT2D eigenvalue weighted by molar-refractivity contribution is -0.0135. The number of hydrogen-bond donors (Lipinski definition) is 2. The minimum atomic E-state index is 0.0427. The molecule has 5 nitrogen and oxygen atoms in total. The van der Waals surface area contributed by atoms with Crippen molar-refractivity contribution >= 4 is 17.8 Å². The predicted octanol–water partition coefficient (Wildman–Crippen LogP) is 7.38. The van der Waals surface area contributed by atoms with Crippen LogP contribution in [0.4, 0.5) is 4.79 Å². The third kappa shape index (κ3) is 5.38. The van der Waals surface area contributed by atoms with E-state index < -0.39 is 0 Å². The molecule has 4 bridgehead atoms. The normalized spacial score (nSPS) is 25.4. The second-order valence-electron chi connectivity index (χ2n) is 11.7. The van der Waals surface area contributed by atoms with Crippen LogP contribution in [0.15, 0.2) is 65.8 Å². The van der Waals surface area contributed by atoms with E-state index >= 15 is 0 Å². The van der Waals surface area contributed by atoms with Gasteiger partial charge < -0.3 is 15.2 Å². The maximum atomic E-state index is 12.7. The van der Waals surface area contributed by atoms with Crippen molar-refractivity contribution in [3.05, 3.63) is 60.7 Å². The fourth-order valence-corrected chi connectivity index (χ4v) is 8.73. The number of aromatic nitrogens is 2. The first-order chi connectivity index (χ1) is 18.6. The molecule has 7 rings (SSSR count). The Bertz CT molecular complexity index is 1200. The summed E-state index contributed by atoms with van der Waals surface area (Å²) in [6.45, 7) is 3.79. The second-order valence-corrected chi connectivity index (χ2v) is 12.8. The van der Waals surface area contributed by atoms with E-state index in [0.29, 0.717) is 0 Å². The smallest absolute Gasteiger partial charge is 0.315 e. The van der Waals surface area contributed by atoms with Crippen molar-refractivity contribution in [2.45, 2.75) is 75.5 Å². The van der Waals surface area contributed by atoms with Crippen molar-refractivity contribution in [3.63, 3.8) is 0 Å². The molecule has 0 aliphatic heterocycles. The molecule has 0 radical (unpaired) electrons. The minimum Gasteiger partial charge on any atom is -0.338 e. The van der Waals surface area contributed by atoms with Gasteiger partial charge in [-0.05, 0) is 76.0 Å². The fraction of sp³-hybridized carbons (Fsp3) is 0.500. The van der Waals surface area contributed by atoms with Gasteiger partial charge in [0, 0.05) is 35.5 Å². The summed E-state index contributed by atoms with van der Waals surface area (Å²) in [6.07, 6.45) is 9.81. The van der Waals surface area contributed by atoms with E-state index in [1.54, 1.807) is 0 Å². The van der Waals surface area contributed by atoms with Crippen LogP contribution in [0.25, 0.3) is 22.5 Å². The summed E-state index contributed by atoms with van der Waals surface area (Å²) in [4.78, 5) is 17.9. The van der Waals surface area contributed by atoms with Gasteiger partial charge in [-0.3, -0.25) is 0 Å². The highest BCUT2D eigenvalue weighted by molar-refractivity contribution is 7.99. The Balaban J connectivity index is 1.03. The van der Waals surface area contributed by atoms with Crippen molar-refractivity contribution in [1.29, 1.82) is 0 Å². The standard InChI is InChI=1S/C32H40N4OS/c1-2-36-29(27-13-7-4-8-14-27)28(26-11-5-3-6-12-26)34-31(36)38-16-10-9-15-33-30(37)35-32-20-23-17-24(21-32)19-25(18-23)22-32/h3-8,11-14,23-25H,2,9-10,15-22H2,1H3,(H2,33,35,37). The first-order valence-corrected chi connectivity index (χ1v) is 15.5. The molecule has 4 aliphatic carbocycles. The zero-order valence-electron chi connectivity index (χ0n) is 22.5. The van der Waals surface area contributed by atoms with Crippen molar-refractivity contribution in [3.8, 4) is 22.5 Å². The number of rotatable bonds is 10. The molecule has 0 saturated heterocycles. The van der Waals surface area contributed by atoms with Gasteiger partial charge in [-0.1, -0.05) is 72.4 Å². The lowest BCUT2D eigenvalue weighted by Crippen LogP contribution is -2.61. The number of hydrogen-bond acceptors (Lipinski definition) is 3. The number of thioether (sulfide) groups is 1. The number of urea groups is 1. The van der Waals surface area contributed by atoms with Gasteiger partial charge in [-0.25, -0.2) is 9.78 Å². The van der Waals surface area contributed by atoms with E-state index in [1.807, 2.05) is 11.8 Å². The molecule has 4 fully saturated rings. The van der Waals surface area contributed by atoms with Gasteiger partial charge in [0.05, 0.1) is 11.4 Å². The molecule has 200 valence electrons. The molecule has 4 aliphatic rings. The van der Waals surface area contributed by atoms with Gasteiger partial charge in [-0.2, -0.15) is 0 Å². The molecule has 0 unspecified atom stereocenters. The second kappa shape index (κ2) is 11.2. The highest BCUT2D eigenvalue weighted by Crippen LogP contribution is 2.55. The Morgan fingerprint density at radius 1 is 0.921 bits per heavy atom. The maximum absolute atomic E-state index is 12.7. The molecule has 4 saturated carbocycles. The number of nitrogens with zero attached hydrogens (tertiary/aromatic N) is 2. The Kier molecular flexibility index (Phi) is 7.51. The average Bonchev–Trinajstić information content (AvgIpc) is 3.29. The zero-order chi connectivity index (χ0) is 26.0. The number of amides is 2. The first-order valence-electron chi connectivity index (χ1n) is 14.5. The molecule has 0 spiro atoms. The van der Waals surface area contributed by atoms with E-state index in [2.05, 4.69) is 82.8 Å². The number of nitrogens with one attached hydrogen (secondary N) is 2. The third-order valence-electron chi connectivity index (χ3n) is 8.85. The van der Waals surface area contributed by atoms with Crippen LogP contribution in [0.5, 0.6) is 0 Å². The number of benzene rings is 2. The lowest BCUT2D eigenvalue weighted by Gasteiger charge is -2.56. The van der Waals surface area contributed by atoms with Crippen LogP contribution in [0.3, 0.4) is 0 Å². The van der Waals surface area contributed by atoms with Gasteiger partial charge in [0.25, 0.3) is 0 Å². The summed E-state index contributed by atoms with van der Waals surface area (Å²) < 4.78 is 2.35. The minimum absolute atomic E-state index is 0.0427. The number of imidazole rings is 1. The van der Waals surface area contributed by atoms with Crippen molar-refractivity contribution in [2.75, 3.05) is 12.3 Å². The van der Waals surface area contributed by atoms with Crippen molar-refractivity contribution < 1.29 is 4.79 Å². The SMILES string of the molecule is CCn1c(SCCCCNC(=O)NC23CC4CC(CC(C4)C2)C3)nc(-c2ccccc2)c1-c1ccccc1. The summed E-state index contributed by atoms with van der Waals surface area (Å²) in [5.41, 5.74) is 4.66. The molecular formula is C32H40N4OS. The molecule has 1 heterocycles. The topological polar surface area (TPSA) is 59.0 Å². The van der Waals surface area contributed by atoms with Crippen LogP contribution < -0.4 is 10.6 Å². The monoisotopic (exact) mass is 528 g/mol. The Morgan fingerprint density at radius 2 is 1.53 bits per heavy atom. The summed E-state index contributed by atoms with van der Waals surface area (Å²) in [6, 6.07) is 21.1. The van der Waals surface area contributed by atoms with Crippen molar-refractivity contribution in [2.24, 2.45) is 17.8 Å². The van der Waals surface area contributed by atoms with Gasteiger partial charge in [0.1, 0.15) is 0 Å². The van der Waals surface area contributed by atoms with Crippen LogP contribution in [-0.2, 0) is 6.54 Å². The predicted molar refractivity (Wildman–Crippen MR) is 156 cm³/mol. The van der Waals surface area contributed by atoms with Gasteiger partial charge >= 0.3 is 6.03 Å². The number of unbranched alkanes of at least 4 members (excludes halogenated alkanes) is 1. The third-order valence-corrected chi connectivity index (χ3v) is 9.91. The number of carbonyl (C=O) groups is 1. The Labute approximate surface area is 231 Å². The van der Waals surface area contributed by atoms with E-state index in [4.69, 9.17) is 4.98 Å². The molecule has 2 aromatic carbocycles. The van der Waals surface area contributed by atoms with Crippen LogP contribution in [0, 0.1) is 17.8 Å². The lowest BCUT2D eigenvalue weighted by atomic mass is 9.53. The maximum Gasteiger partial charge on any atom is 0.315 e. The highest BCUT2D eigenvalue weighted by Gasteiger charge is 2.51. The van der Waals surface area contributed by atoms with E-state index in [-0.39, 0.29) is 11.6 Å². The van der Waals surface area contributed by atoms with Crippen LogP contribution in [0.2, 0.25) is 0 Å². The van der Waals surface area contributed by atoms with Gasteiger partial charge in [0.2, 0.25) is 0 Å². The molecule has 1 aromatic heterocycles. The van der Waals surface area contributed by atoms with Crippen molar-refractivity contribution in [1.82, 2.24) is 20.2 Å². The quantitative estimate of drug-likeness (QED) is 0.213. The first kappa shape index (κ1) is 25.5. The van der Waals surface area contributed by atoms with E-state index in [1.165, 1.54) is 49.8 Å². The molecule has 38 heavy (non-hydrogen) atoms. The highest BCUT2D eigenvalue weighted by atomic mass is 32.2. The van der Waals surface area contributed by atoms with Crippen LogP contribution in [-0.4, -0.2) is 33.4 Å². The molecule has 0 atom stereocenters.